The quantitative estimate of drug-likeness (QED) is 0.809. The lowest BCUT2D eigenvalue weighted by Crippen LogP contribution is -2.47. The second kappa shape index (κ2) is 8.48. The maximum absolute atomic E-state index is 11.9. The highest BCUT2D eigenvalue weighted by molar-refractivity contribution is 9.10. The van der Waals surface area contributed by atoms with Crippen molar-refractivity contribution in [2.75, 3.05) is 51.2 Å². The Kier molecular flexibility index (Phi) is 6.63. The number of carbonyl (C=O) groups excluding carboxylic acids is 1. The molecule has 0 spiro atoms. The smallest absolute Gasteiger partial charge is 0.225 e. The Morgan fingerprint density at radius 1 is 1.19 bits per heavy atom. The molecule has 0 radical (unpaired) electrons. The molecule has 1 aliphatic rings. The van der Waals surface area contributed by atoms with Gasteiger partial charge in [-0.05, 0) is 18.2 Å². The first-order valence-electron chi connectivity index (χ1n) is 7.28. The lowest BCUT2D eigenvalue weighted by molar-refractivity contribution is -0.116. The van der Waals surface area contributed by atoms with Crippen LogP contribution in [-0.4, -0.2) is 66.7 Å². The topological polar surface area (TPSA) is 55.8 Å². The van der Waals surface area contributed by atoms with E-state index >= 15 is 0 Å². The summed E-state index contributed by atoms with van der Waals surface area (Å²) >= 11 is 3.39. The average Bonchev–Trinajstić information content (AvgIpc) is 2.47. The van der Waals surface area contributed by atoms with Gasteiger partial charge in [-0.15, -0.1) is 0 Å². The Balaban J connectivity index is 1.68. The summed E-state index contributed by atoms with van der Waals surface area (Å²) in [6.07, 6.45) is 0.506. The third-order valence-electron chi connectivity index (χ3n) is 3.64. The van der Waals surface area contributed by atoms with Crippen molar-refractivity contribution in [3.8, 4) is 0 Å². The van der Waals surface area contributed by atoms with E-state index in [9.17, 15) is 4.79 Å². The van der Waals surface area contributed by atoms with E-state index in [1.807, 2.05) is 24.3 Å². The van der Waals surface area contributed by atoms with Gasteiger partial charge in [0.1, 0.15) is 0 Å². The first-order chi connectivity index (χ1) is 10.2. The molecule has 0 saturated carbocycles. The third kappa shape index (κ3) is 5.74. The van der Waals surface area contributed by atoms with Crippen molar-refractivity contribution in [3.05, 3.63) is 28.7 Å². The molecule has 0 bridgehead atoms. The summed E-state index contributed by atoms with van der Waals surface area (Å²) in [6, 6.07) is 7.61. The second-order valence-corrected chi connectivity index (χ2v) is 6.13. The summed E-state index contributed by atoms with van der Waals surface area (Å²) in [5, 5.41) is 11.8. The van der Waals surface area contributed by atoms with E-state index < -0.39 is 0 Å². The molecule has 1 fully saturated rings. The number of halogens is 1. The molecule has 0 aromatic heterocycles. The van der Waals surface area contributed by atoms with E-state index in [0.29, 0.717) is 6.42 Å². The van der Waals surface area contributed by atoms with E-state index in [4.69, 9.17) is 5.11 Å². The molecule has 1 aliphatic heterocycles. The van der Waals surface area contributed by atoms with Crippen LogP contribution in [0.3, 0.4) is 0 Å². The van der Waals surface area contributed by atoms with Gasteiger partial charge in [0.25, 0.3) is 0 Å². The van der Waals surface area contributed by atoms with Gasteiger partial charge in [0.05, 0.1) is 6.61 Å². The number of hydrogen-bond acceptors (Lipinski definition) is 4. The van der Waals surface area contributed by atoms with Gasteiger partial charge in [-0.3, -0.25) is 9.69 Å². The fourth-order valence-corrected chi connectivity index (χ4v) is 2.83. The number of aliphatic hydroxyl groups excluding tert-OH is 1. The van der Waals surface area contributed by atoms with Crippen LogP contribution < -0.4 is 5.32 Å². The van der Waals surface area contributed by atoms with Crippen molar-refractivity contribution >= 4 is 27.5 Å². The van der Waals surface area contributed by atoms with Crippen molar-refractivity contribution in [2.24, 2.45) is 0 Å². The van der Waals surface area contributed by atoms with Gasteiger partial charge in [0.15, 0.2) is 0 Å². The molecular formula is C15H22BrN3O2. The molecule has 0 atom stereocenters. The molecule has 6 heteroatoms. The monoisotopic (exact) mass is 355 g/mol. The third-order valence-corrected chi connectivity index (χ3v) is 4.14. The lowest BCUT2D eigenvalue weighted by Gasteiger charge is -2.34. The van der Waals surface area contributed by atoms with Gasteiger partial charge in [0.2, 0.25) is 5.91 Å². The molecule has 2 rings (SSSR count). The number of aliphatic hydroxyl groups is 1. The number of rotatable bonds is 6. The molecule has 116 valence electrons. The van der Waals surface area contributed by atoms with Gasteiger partial charge < -0.3 is 15.3 Å². The average molecular weight is 356 g/mol. The van der Waals surface area contributed by atoms with Crippen LogP contribution in [0.5, 0.6) is 0 Å². The highest BCUT2D eigenvalue weighted by atomic mass is 79.9. The molecule has 1 aromatic carbocycles. The van der Waals surface area contributed by atoms with E-state index in [2.05, 4.69) is 31.0 Å². The first-order valence-corrected chi connectivity index (χ1v) is 8.07. The molecule has 2 N–H and O–H groups in total. The standard InChI is InChI=1S/C15H22BrN3O2/c16-13-2-1-3-14(12-13)17-15(21)4-5-18-6-8-19(9-7-18)10-11-20/h1-3,12,20H,4-11H2,(H,17,21). The summed E-state index contributed by atoms with van der Waals surface area (Å²) in [4.78, 5) is 16.5. The fourth-order valence-electron chi connectivity index (χ4n) is 2.43. The van der Waals surface area contributed by atoms with Crippen molar-refractivity contribution in [1.29, 1.82) is 0 Å². The van der Waals surface area contributed by atoms with Gasteiger partial charge >= 0.3 is 0 Å². The normalized spacial score (nSPS) is 16.9. The number of benzene rings is 1. The molecule has 1 aromatic rings. The minimum Gasteiger partial charge on any atom is -0.395 e. The zero-order valence-electron chi connectivity index (χ0n) is 12.1. The van der Waals surface area contributed by atoms with E-state index in [0.717, 1.165) is 49.4 Å². The summed E-state index contributed by atoms with van der Waals surface area (Å²) in [5.74, 6) is 0.0471. The summed E-state index contributed by atoms with van der Waals surface area (Å²) < 4.78 is 0.959. The Hall–Kier alpha value is -0.950. The second-order valence-electron chi connectivity index (χ2n) is 5.22. The van der Waals surface area contributed by atoms with Crippen molar-refractivity contribution in [2.45, 2.75) is 6.42 Å². The number of nitrogens with zero attached hydrogens (tertiary/aromatic N) is 2. The van der Waals surface area contributed by atoms with Crippen LogP contribution in [-0.2, 0) is 4.79 Å². The van der Waals surface area contributed by atoms with Crippen LogP contribution in [0.4, 0.5) is 5.69 Å². The Labute approximate surface area is 134 Å². The maximum atomic E-state index is 11.9. The van der Waals surface area contributed by atoms with Crippen LogP contribution in [0.1, 0.15) is 6.42 Å². The zero-order valence-corrected chi connectivity index (χ0v) is 13.7. The van der Waals surface area contributed by atoms with Crippen molar-refractivity contribution in [3.63, 3.8) is 0 Å². The summed E-state index contributed by atoms with van der Waals surface area (Å²) in [7, 11) is 0. The lowest BCUT2D eigenvalue weighted by atomic mass is 10.2. The van der Waals surface area contributed by atoms with Crippen LogP contribution in [0.2, 0.25) is 0 Å². The Morgan fingerprint density at radius 3 is 2.48 bits per heavy atom. The maximum Gasteiger partial charge on any atom is 0.225 e. The molecule has 21 heavy (non-hydrogen) atoms. The van der Waals surface area contributed by atoms with E-state index in [-0.39, 0.29) is 12.5 Å². The molecule has 0 aliphatic carbocycles. The Morgan fingerprint density at radius 2 is 1.86 bits per heavy atom. The molecule has 1 saturated heterocycles. The first kappa shape index (κ1) is 16.4. The van der Waals surface area contributed by atoms with E-state index in [1.54, 1.807) is 0 Å². The molecule has 1 heterocycles. The van der Waals surface area contributed by atoms with Crippen molar-refractivity contribution < 1.29 is 9.90 Å². The number of hydrogen-bond donors (Lipinski definition) is 2. The summed E-state index contributed by atoms with van der Waals surface area (Å²) in [5.41, 5.74) is 0.821. The highest BCUT2D eigenvalue weighted by Gasteiger charge is 2.16. The fraction of sp³-hybridized carbons (Fsp3) is 0.533. The minimum absolute atomic E-state index is 0.0471. The molecule has 1 amide bonds. The van der Waals surface area contributed by atoms with Crippen LogP contribution >= 0.6 is 15.9 Å². The zero-order chi connectivity index (χ0) is 15.1. The molecular weight excluding hydrogens is 334 g/mol. The predicted molar refractivity (Wildman–Crippen MR) is 87.4 cm³/mol. The number of nitrogens with one attached hydrogen (secondary N) is 1. The van der Waals surface area contributed by atoms with Gasteiger partial charge in [-0.1, -0.05) is 22.0 Å². The van der Waals surface area contributed by atoms with E-state index in [1.165, 1.54) is 0 Å². The number of amides is 1. The number of piperazine rings is 1. The van der Waals surface area contributed by atoms with Crippen LogP contribution in [0, 0.1) is 0 Å². The Bertz CT molecular complexity index is 462. The molecule has 0 unspecified atom stereocenters. The van der Waals surface area contributed by atoms with Crippen molar-refractivity contribution in [1.82, 2.24) is 9.80 Å². The van der Waals surface area contributed by atoms with Crippen LogP contribution in [0.15, 0.2) is 28.7 Å². The van der Waals surface area contributed by atoms with Gasteiger partial charge in [0, 0.05) is 55.8 Å². The predicted octanol–water partition coefficient (Wildman–Crippen LogP) is 1.39. The highest BCUT2D eigenvalue weighted by Crippen LogP contribution is 2.15. The van der Waals surface area contributed by atoms with Gasteiger partial charge in [-0.2, -0.15) is 0 Å². The number of carbonyl (C=O) groups is 1. The number of anilines is 1. The SMILES string of the molecule is O=C(CCN1CCN(CCO)CC1)Nc1cccc(Br)c1. The van der Waals surface area contributed by atoms with Crippen LogP contribution in [0.25, 0.3) is 0 Å². The largest absolute Gasteiger partial charge is 0.395 e. The van der Waals surface area contributed by atoms with Gasteiger partial charge in [-0.25, -0.2) is 0 Å². The molecule has 5 nitrogen and oxygen atoms in total. The number of β-amino-alcohol motifs (C(OH)–C–C–N with tert-alkyl or cyclic N) is 1. The minimum atomic E-state index is 0.0471. The summed E-state index contributed by atoms with van der Waals surface area (Å²) in [6.45, 7) is 5.61.